The van der Waals surface area contributed by atoms with Gasteiger partial charge in [-0.25, -0.2) is 8.42 Å². The van der Waals surface area contributed by atoms with E-state index in [4.69, 9.17) is 4.74 Å². The minimum absolute atomic E-state index is 0.554. The largest absolute Gasteiger partial charge is 0.497 e. The molecular formula is C20H24N2O4S. The topological polar surface area (TPSA) is 71.8 Å². The molecule has 1 aromatic heterocycles. The molecule has 0 saturated carbocycles. The molecule has 0 aliphatic heterocycles. The fourth-order valence-electron chi connectivity index (χ4n) is 3.35. The van der Waals surface area contributed by atoms with Crippen LogP contribution in [0.25, 0.3) is 10.9 Å². The van der Waals surface area contributed by atoms with E-state index in [0.717, 1.165) is 32.6 Å². The summed E-state index contributed by atoms with van der Waals surface area (Å²) in [6.45, 7) is 0. The number of aromatic nitrogens is 1. The van der Waals surface area contributed by atoms with E-state index < -0.39 is 22.2 Å². The molecule has 0 fully saturated rings. The van der Waals surface area contributed by atoms with Gasteiger partial charge in [0.05, 0.1) is 19.3 Å². The van der Waals surface area contributed by atoms with Crippen LogP contribution in [0.1, 0.15) is 17.0 Å². The Balaban J connectivity index is 2.20. The molecule has 3 aromatic rings. The summed E-state index contributed by atoms with van der Waals surface area (Å²) >= 11 is 0. The number of sulfonamides is 1. The highest BCUT2D eigenvalue weighted by Crippen LogP contribution is 2.36. The number of para-hydroxylation sites is 1. The van der Waals surface area contributed by atoms with Gasteiger partial charge in [-0.2, -0.15) is 4.31 Å². The molecule has 0 bridgehead atoms. The Labute approximate surface area is 159 Å². The maximum absolute atomic E-state index is 12.0. The van der Waals surface area contributed by atoms with Gasteiger partial charge in [0.1, 0.15) is 12.0 Å². The molecule has 0 radical (unpaired) electrons. The van der Waals surface area contributed by atoms with Gasteiger partial charge in [0, 0.05) is 31.2 Å². The van der Waals surface area contributed by atoms with Crippen LogP contribution in [0.5, 0.6) is 5.75 Å². The van der Waals surface area contributed by atoms with Gasteiger partial charge in [0.2, 0.25) is 10.0 Å². The summed E-state index contributed by atoms with van der Waals surface area (Å²) in [5.74, 6) is 0.142. The Bertz CT molecular complexity index is 1040. The van der Waals surface area contributed by atoms with Crippen molar-refractivity contribution in [3.8, 4) is 5.75 Å². The van der Waals surface area contributed by atoms with Gasteiger partial charge >= 0.3 is 0 Å². The lowest BCUT2D eigenvalue weighted by atomic mass is 9.89. The molecular weight excluding hydrogens is 364 g/mol. The highest BCUT2D eigenvalue weighted by Gasteiger charge is 2.32. The summed E-state index contributed by atoms with van der Waals surface area (Å²) in [7, 11) is 1.34. The van der Waals surface area contributed by atoms with Crippen molar-refractivity contribution < 1.29 is 18.3 Å². The number of hydrogen-bond donors (Lipinski definition) is 1. The van der Waals surface area contributed by atoms with Crippen molar-refractivity contribution in [2.24, 2.45) is 7.05 Å². The van der Waals surface area contributed by atoms with Crippen LogP contribution in [0.2, 0.25) is 0 Å². The van der Waals surface area contributed by atoms with Crippen molar-refractivity contribution in [3.05, 3.63) is 65.9 Å². The van der Waals surface area contributed by atoms with Crippen molar-refractivity contribution >= 4 is 20.9 Å². The zero-order valence-corrected chi connectivity index (χ0v) is 16.6. The number of fused-ring (bicyclic) bond motifs is 1. The third-order valence-corrected chi connectivity index (χ3v) is 6.19. The van der Waals surface area contributed by atoms with Crippen molar-refractivity contribution in [3.63, 3.8) is 0 Å². The van der Waals surface area contributed by atoms with E-state index in [0.29, 0.717) is 5.75 Å². The molecule has 1 heterocycles. The van der Waals surface area contributed by atoms with Crippen LogP contribution in [0.15, 0.2) is 54.7 Å². The Morgan fingerprint density at radius 2 is 1.74 bits per heavy atom. The van der Waals surface area contributed by atoms with E-state index in [1.54, 1.807) is 19.2 Å². The van der Waals surface area contributed by atoms with Gasteiger partial charge in [-0.3, -0.25) is 0 Å². The lowest BCUT2D eigenvalue weighted by molar-refractivity contribution is 0.0637. The first-order valence-electron chi connectivity index (χ1n) is 8.53. The first-order chi connectivity index (χ1) is 12.7. The predicted molar refractivity (Wildman–Crippen MR) is 106 cm³/mol. The molecule has 2 atom stereocenters. The average molecular weight is 388 g/mol. The van der Waals surface area contributed by atoms with Crippen molar-refractivity contribution in [2.75, 3.05) is 20.4 Å². The maximum atomic E-state index is 12.0. The highest BCUT2D eigenvalue weighted by atomic mass is 32.2. The van der Waals surface area contributed by atoms with Gasteiger partial charge < -0.3 is 14.4 Å². The molecule has 6 nitrogen and oxygen atoms in total. The standard InChI is InChI=1S/C20H24N2O4S/c1-21-13-17(16-7-5-6-8-18(16)21)19(20(23)22(2)27(4,24)25)14-9-11-15(26-3)12-10-14/h5-13,19-20,23H,1-4H3/t19?,20-/m0/s1. The SMILES string of the molecule is COc1ccc(C(c2cn(C)c3ccccc23)[C@H](O)N(C)S(C)(=O)=O)cc1. The summed E-state index contributed by atoms with van der Waals surface area (Å²) in [4.78, 5) is 0. The molecule has 0 amide bonds. The van der Waals surface area contributed by atoms with Crippen LogP contribution in [0.3, 0.4) is 0 Å². The second-order valence-electron chi connectivity index (χ2n) is 6.66. The zero-order chi connectivity index (χ0) is 19.8. The third-order valence-electron chi connectivity index (χ3n) is 4.93. The number of rotatable bonds is 6. The fourth-order valence-corrected chi connectivity index (χ4v) is 3.86. The minimum atomic E-state index is -3.57. The normalized spacial score (nSPS) is 14.4. The van der Waals surface area contributed by atoms with Gasteiger partial charge in [-0.1, -0.05) is 30.3 Å². The molecule has 0 aliphatic rings. The summed E-state index contributed by atoms with van der Waals surface area (Å²) < 4.78 is 32.3. The van der Waals surface area contributed by atoms with E-state index in [9.17, 15) is 13.5 Å². The Morgan fingerprint density at radius 3 is 2.33 bits per heavy atom. The summed E-state index contributed by atoms with van der Waals surface area (Å²) in [6.07, 6.45) is 1.78. The van der Waals surface area contributed by atoms with E-state index in [1.165, 1.54) is 7.05 Å². The molecule has 0 aliphatic carbocycles. The number of aryl methyl sites for hydroxylation is 1. The first-order valence-corrected chi connectivity index (χ1v) is 10.4. The average Bonchev–Trinajstić information content (AvgIpc) is 2.98. The molecule has 7 heteroatoms. The smallest absolute Gasteiger partial charge is 0.213 e. The summed E-state index contributed by atoms with van der Waals surface area (Å²) in [5, 5.41) is 12.0. The van der Waals surface area contributed by atoms with Crippen LogP contribution in [-0.4, -0.2) is 49.0 Å². The minimum Gasteiger partial charge on any atom is -0.497 e. The molecule has 1 unspecified atom stereocenters. The molecule has 3 rings (SSSR count). The van der Waals surface area contributed by atoms with Crippen molar-refractivity contribution in [1.29, 1.82) is 0 Å². The Kier molecular flexibility index (Phi) is 5.28. The lowest BCUT2D eigenvalue weighted by Crippen LogP contribution is -2.40. The molecule has 0 saturated heterocycles. The first kappa shape index (κ1) is 19.4. The van der Waals surface area contributed by atoms with Gasteiger partial charge in [-0.15, -0.1) is 0 Å². The van der Waals surface area contributed by atoms with Crippen LogP contribution in [0, 0.1) is 0 Å². The number of benzene rings is 2. The third kappa shape index (κ3) is 3.71. The monoisotopic (exact) mass is 388 g/mol. The number of aliphatic hydroxyl groups is 1. The molecule has 1 N–H and O–H groups in total. The Hall–Kier alpha value is -2.35. The number of nitrogens with zero attached hydrogens (tertiary/aromatic N) is 2. The summed E-state index contributed by atoms with van der Waals surface area (Å²) in [5.41, 5.74) is 2.68. The van der Waals surface area contributed by atoms with Crippen LogP contribution in [-0.2, 0) is 17.1 Å². The maximum Gasteiger partial charge on any atom is 0.213 e. The summed E-state index contributed by atoms with van der Waals surface area (Å²) in [6, 6.07) is 15.2. The lowest BCUT2D eigenvalue weighted by Gasteiger charge is -2.29. The number of methoxy groups -OCH3 is 1. The molecule has 144 valence electrons. The van der Waals surface area contributed by atoms with Crippen LogP contribution >= 0.6 is 0 Å². The van der Waals surface area contributed by atoms with Crippen molar-refractivity contribution in [1.82, 2.24) is 8.87 Å². The quantitative estimate of drug-likeness (QED) is 0.659. The van der Waals surface area contributed by atoms with Gasteiger partial charge in [0.15, 0.2) is 0 Å². The number of ether oxygens (including phenoxy) is 1. The zero-order valence-electron chi connectivity index (χ0n) is 15.8. The number of aliphatic hydroxyl groups excluding tert-OH is 1. The predicted octanol–water partition coefficient (Wildman–Crippen LogP) is 2.53. The molecule has 2 aromatic carbocycles. The van der Waals surface area contributed by atoms with Gasteiger partial charge in [-0.05, 0) is 29.3 Å². The van der Waals surface area contributed by atoms with E-state index in [2.05, 4.69) is 0 Å². The van der Waals surface area contributed by atoms with Crippen molar-refractivity contribution in [2.45, 2.75) is 12.1 Å². The molecule has 0 spiro atoms. The van der Waals surface area contributed by atoms with E-state index >= 15 is 0 Å². The fraction of sp³-hybridized carbons (Fsp3) is 0.300. The second kappa shape index (κ2) is 7.34. The van der Waals surface area contributed by atoms with E-state index in [-0.39, 0.29) is 0 Å². The second-order valence-corrected chi connectivity index (χ2v) is 8.70. The van der Waals surface area contributed by atoms with Crippen LogP contribution in [0.4, 0.5) is 0 Å². The van der Waals surface area contributed by atoms with E-state index in [1.807, 2.05) is 54.2 Å². The highest BCUT2D eigenvalue weighted by molar-refractivity contribution is 7.88. The number of likely N-dealkylation sites (N-methyl/N-ethyl adjacent to an activating group) is 1. The van der Waals surface area contributed by atoms with Crippen LogP contribution < -0.4 is 4.74 Å². The number of hydrogen-bond acceptors (Lipinski definition) is 4. The van der Waals surface area contributed by atoms with Gasteiger partial charge in [0.25, 0.3) is 0 Å². The molecule has 27 heavy (non-hydrogen) atoms. The Morgan fingerprint density at radius 1 is 1.11 bits per heavy atom.